The summed E-state index contributed by atoms with van der Waals surface area (Å²) < 4.78 is 6.10. The van der Waals surface area contributed by atoms with E-state index in [1.807, 2.05) is 38.1 Å². The van der Waals surface area contributed by atoms with E-state index in [-0.39, 0.29) is 17.5 Å². The van der Waals surface area contributed by atoms with Crippen molar-refractivity contribution in [3.05, 3.63) is 35.9 Å². The molecule has 3 atom stereocenters. The first-order chi connectivity index (χ1) is 11.4. The fourth-order valence-corrected chi connectivity index (χ4v) is 3.44. The Bertz CT molecular complexity index is 592. The molecule has 1 aromatic carbocycles. The molecule has 3 nitrogen and oxygen atoms in total. The van der Waals surface area contributed by atoms with Crippen molar-refractivity contribution in [2.24, 2.45) is 5.92 Å². The molecule has 4 heteroatoms. The van der Waals surface area contributed by atoms with Crippen molar-refractivity contribution in [2.75, 3.05) is 5.73 Å². The minimum absolute atomic E-state index is 0.0617. The lowest BCUT2D eigenvalue weighted by molar-refractivity contribution is -0.134. The van der Waals surface area contributed by atoms with Crippen molar-refractivity contribution < 1.29 is 9.53 Å². The fraction of sp³-hybridized carbons (Fsp3) is 0.550. The summed E-state index contributed by atoms with van der Waals surface area (Å²) in [7, 11) is 0. The average molecular weight is 348 g/mol. The number of hydrogen-bond acceptors (Lipinski definition) is 4. The van der Waals surface area contributed by atoms with Crippen LogP contribution in [0.1, 0.15) is 52.9 Å². The molecule has 3 rings (SSSR count). The molecule has 0 saturated heterocycles. The third-order valence-electron chi connectivity index (χ3n) is 4.85. The number of para-hydroxylation sites is 1. The first-order valence-electron chi connectivity index (χ1n) is 8.84. The quantitative estimate of drug-likeness (QED) is 0.456. The summed E-state index contributed by atoms with van der Waals surface area (Å²) in [6, 6.07) is 7.47. The number of carbonyl (C=O) groups is 1. The number of thiol groups is 1. The third-order valence-corrected chi connectivity index (χ3v) is 5.26. The van der Waals surface area contributed by atoms with Gasteiger partial charge in [-0.05, 0) is 50.7 Å². The predicted octanol–water partition coefficient (Wildman–Crippen LogP) is 4.82. The molecular formula is C20H29NO2S. The highest BCUT2D eigenvalue weighted by atomic mass is 32.1. The van der Waals surface area contributed by atoms with Crippen molar-refractivity contribution in [1.82, 2.24) is 0 Å². The first kappa shape index (κ1) is 19.1. The van der Waals surface area contributed by atoms with Crippen LogP contribution in [-0.4, -0.2) is 17.5 Å². The largest absolute Gasteiger partial charge is 0.398 e. The van der Waals surface area contributed by atoms with Gasteiger partial charge in [-0.15, -0.1) is 12.6 Å². The molecule has 0 spiro atoms. The van der Waals surface area contributed by atoms with Crippen LogP contribution in [0, 0.1) is 5.92 Å². The van der Waals surface area contributed by atoms with E-state index < -0.39 is 0 Å². The Morgan fingerprint density at radius 2 is 2.12 bits per heavy atom. The van der Waals surface area contributed by atoms with Crippen LogP contribution in [0.3, 0.4) is 0 Å². The minimum Gasteiger partial charge on any atom is -0.398 e. The van der Waals surface area contributed by atoms with Gasteiger partial charge in [0.25, 0.3) is 0 Å². The monoisotopic (exact) mass is 347 g/mol. The molecule has 132 valence electrons. The molecule has 0 amide bonds. The Labute approximate surface area is 151 Å². The van der Waals surface area contributed by atoms with Crippen molar-refractivity contribution in [1.29, 1.82) is 0 Å². The maximum atomic E-state index is 11.7. The minimum atomic E-state index is -0.183. The van der Waals surface area contributed by atoms with Gasteiger partial charge in [-0.25, -0.2) is 0 Å². The lowest BCUT2D eigenvalue weighted by Gasteiger charge is -2.25. The summed E-state index contributed by atoms with van der Waals surface area (Å²) in [4.78, 5) is 12.6. The SMILES string of the molecule is CCC(=O)C(CC)OC12C=C(C)CCC1C2.Nc1ccccc1S. The van der Waals surface area contributed by atoms with Gasteiger partial charge < -0.3 is 10.5 Å². The third kappa shape index (κ3) is 4.64. The van der Waals surface area contributed by atoms with Gasteiger partial charge in [0.2, 0.25) is 0 Å². The van der Waals surface area contributed by atoms with E-state index in [1.54, 1.807) is 0 Å². The Kier molecular flexibility index (Phi) is 6.53. The number of hydrogen-bond donors (Lipinski definition) is 2. The number of ether oxygens (including phenoxy) is 1. The second-order valence-corrected chi connectivity index (χ2v) is 7.26. The van der Waals surface area contributed by atoms with Crippen molar-refractivity contribution >= 4 is 24.1 Å². The number of benzene rings is 1. The molecule has 1 saturated carbocycles. The van der Waals surface area contributed by atoms with Gasteiger partial charge in [-0.3, -0.25) is 4.79 Å². The number of nitrogens with two attached hydrogens (primary N) is 1. The molecule has 0 radical (unpaired) electrons. The Morgan fingerprint density at radius 1 is 1.42 bits per heavy atom. The molecule has 2 aliphatic carbocycles. The van der Waals surface area contributed by atoms with Gasteiger partial charge >= 0.3 is 0 Å². The van der Waals surface area contributed by atoms with E-state index in [0.29, 0.717) is 12.3 Å². The zero-order valence-electron chi connectivity index (χ0n) is 14.9. The second-order valence-electron chi connectivity index (χ2n) is 6.78. The highest BCUT2D eigenvalue weighted by Gasteiger charge is 2.56. The zero-order chi connectivity index (χ0) is 17.7. The normalized spacial score (nSPS) is 25.7. The summed E-state index contributed by atoms with van der Waals surface area (Å²) in [5, 5.41) is 0. The van der Waals surface area contributed by atoms with E-state index in [1.165, 1.54) is 18.4 Å². The molecule has 0 heterocycles. The molecule has 0 aromatic heterocycles. The maximum absolute atomic E-state index is 11.7. The lowest BCUT2D eigenvalue weighted by Crippen LogP contribution is -2.31. The van der Waals surface area contributed by atoms with E-state index >= 15 is 0 Å². The number of anilines is 1. The number of allylic oxidation sites excluding steroid dienone is 1. The van der Waals surface area contributed by atoms with Crippen LogP contribution < -0.4 is 5.73 Å². The first-order valence-corrected chi connectivity index (χ1v) is 9.29. The molecule has 0 bridgehead atoms. The van der Waals surface area contributed by atoms with Gasteiger partial charge in [0.05, 0.1) is 5.60 Å². The Morgan fingerprint density at radius 3 is 2.67 bits per heavy atom. The average Bonchev–Trinajstić information content (AvgIpc) is 3.28. The summed E-state index contributed by atoms with van der Waals surface area (Å²) in [6.07, 6.45) is 7.03. The second kappa shape index (κ2) is 8.21. The zero-order valence-corrected chi connectivity index (χ0v) is 15.8. The summed E-state index contributed by atoms with van der Waals surface area (Å²) in [5.41, 5.74) is 7.54. The number of Topliss-reactive ketones (excluding diaryl/α,β-unsaturated/α-hetero) is 1. The Balaban J connectivity index is 0.000000219. The number of carbonyl (C=O) groups excluding carboxylic acids is 1. The van der Waals surface area contributed by atoms with Gasteiger partial charge in [0.1, 0.15) is 6.10 Å². The van der Waals surface area contributed by atoms with Crippen LogP contribution in [0.25, 0.3) is 0 Å². The van der Waals surface area contributed by atoms with Crippen LogP contribution in [0.15, 0.2) is 40.8 Å². The lowest BCUT2D eigenvalue weighted by atomic mass is 9.98. The topological polar surface area (TPSA) is 52.3 Å². The van der Waals surface area contributed by atoms with Crippen molar-refractivity contribution in [2.45, 2.75) is 69.5 Å². The number of rotatable bonds is 5. The molecule has 2 N–H and O–H groups in total. The maximum Gasteiger partial charge on any atom is 0.161 e. The van der Waals surface area contributed by atoms with Crippen molar-refractivity contribution in [3.63, 3.8) is 0 Å². The van der Waals surface area contributed by atoms with Gasteiger partial charge in [0.15, 0.2) is 5.78 Å². The van der Waals surface area contributed by atoms with Gasteiger partial charge in [-0.2, -0.15) is 0 Å². The van der Waals surface area contributed by atoms with Gasteiger partial charge in [-0.1, -0.05) is 37.6 Å². The van der Waals surface area contributed by atoms with E-state index in [9.17, 15) is 4.79 Å². The van der Waals surface area contributed by atoms with Crippen LogP contribution in [0.4, 0.5) is 5.69 Å². The smallest absolute Gasteiger partial charge is 0.161 e. The molecule has 1 aromatic rings. The van der Waals surface area contributed by atoms with Crippen molar-refractivity contribution in [3.8, 4) is 0 Å². The molecule has 2 aliphatic rings. The van der Waals surface area contributed by atoms with Crippen LogP contribution in [0.5, 0.6) is 0 Å². The highest BCUT2D eigenvalue weighted by Crippen LogP contribution is 2.55. The van der Waals surface area contributed by atoms with Crippen LogP contribution >= 0.6 is 12.6 Å². The summed E-state index contributed by atoms with van der Waals surface area (Å²) >= 11 is 4.07. The molecule has 0 aliphatic heterocycles. The van der Waals surface area contributed by atoms with E-state index in [2.05, 4.69) is 25.6 Å². The molecule has 24 heavy (non-hydrogen) atoms. The standard InChI is InChI=1S/C14H22O2.C6H7NS/c1-4-12(15)13(5-2)16-14-8-10(3)6-7-11(14)9-14;7-5-3-1-2-4-6(5)8/h8,11,13H,4-7,9H2,1-3H3;1-4,8H,7H2. The predicted molar refractivity (Wildman–Crippen MR) is 102 cm³/mol. The molecule has 3 unspecified atom stereocenters. The van der Waals surface area contributed by atoms with Crippen LogP contribution in [0.2, 0.25) is 0 Å². The fourth-order valence-electron chi connectivity index (χ4n) is 3.28. The number of fused-ring (bicyclic) bond motifs is 1. The van der Waals surface area contributed by atoms with Gasteiger partial charge in [0, 0.05) is 17.0 Å². The summed E-state index contributed by atoms with van der Waals surface area (Å²) in [5.74, 6) is 0.925. The Hall–Kier alpha value is -1.26. The number of nitrogen functional groups attached to an aromatic ring is 1. The molecular weight excluding hydrogens is 318 g/mol. The summed E-state index contributed by atoms with van der Waals surface area (Å²) in [6.45, 7) is 6.12. The molecule has 1 fully saturated rings. The highest BCUT2D eigenvalue weighted by molar-refractivity contribution is 7.80. The van der Waals surface area contributed by atoms with E-state index in [0.717, 1.165) is 23.4 Å². The number of ketones is 1. The van der Waals surface area contributed by atoms with Crippen LogP contribution in [-0.2, 0) is 9.53 Å². The van der Waals surface area contributed by atoms with E-state index in [4.69, 9.17) is 10.5 Å².